The van der Waals surface area contributed by atoms with Crippen molar-refractivity contribution in [3.63, 3.8) is 0 Å². The monoisotopic (exact) mass is 569 g/mol. The van der Waals surface area contributed by atoms with E-state index in [1.807, 2.05) is 32.2 Å². The Kier molecular flexibility index (Phi) is 10.4. The molecule has 0 bridgehead atoms. The summed E-state index contributed by atoms with van der Waals surface area (Å²) in [4.78, 5) is 20.8. The molecule has 0 atom stereocenters. The number of likely N-dealkylation sites (tertiary alicyclic amines) is 1. The number of aryl methyl sites for hydroxylation is 1. The minimum absolute atomic E-state index is 0.114. The van der Waals surface area contributed by atoms with E-state index < -0.39 is 17.6 Å². The first-order valence-corrected chi connectivity index (χ1v) is 12.7. The number of carbonyl (C=O) groups excluding carboxylic acids is 1. The second kappa shape index (κ2) is 13.7. The van der Waals surface area contributed by atoms with Gasteiger partial charge in [0.05, 0.1) is 11.1 Å². The molecule has 12 heteroatoms. The van der Waals surface area contributed by atoms with Crippen LogP contribution in [0.4, 0.5) is 34.9 Å². The Bertz CT molecular complexity index is 1460. The van der Waals surface area contributed by atoms with Crippen molar-refractivity contribution < 1.29 is 22.4 Å². The molecule has 0 saturated carbocycles. The number of carbonyl (C=O) groups is 1. The molecule has 216 valence electrons. The van der Waals surface area contributed by atoms with Gasteiger partial charge in [-0.1, -0.05) is 12.0 Å². The van der Waals surface area contributed by atoms with Gasteiger partial charge in [-0.15, -0.1) is 0 Å². The minimum atomic E-state index is -4.76. The Morgan fingerprint density at radius 1 is 1.17 bits per heavy atom. The Labute approximate surface area is 235 Å². The van der Waals surface area contributed by atoms with E-state index in [0.717, 1.165) is 48.8 Å². The number of aldehydes is 1. The van der Waals surface area contributed by atoms with Crippen LogP contribution >= 0.6 is 0 Å². The largest absolute Gasteiger partial charge is 0.419 e. The highest BCUT2D eigenvalue weighted by atomic mass is 19.4. The summed E-state index contributed by atoms with van der Waals surface area (Å²) in [5.74, 6) is 5.50. The number of hydrogen-bond donors (Lipinski definition) is 4. The van der Waals surface area contributed by atoms with Crippen molar-refractivity contribution in [1.82, 2.24) is 14.9 Å². The molecule has 8 nitrogen and oxygen atoms in total. The van der Waals surface area contributed by atoms with Gasteiger partial charge in [0.25, 0.3) is 0 Å². The van der Waals surface area contributed by atoms with E-state index >= 15 is 0 Å². The molecule has 1 saturated heterocycles. The number of hydrogen-bond acceptors (Lipinski definition) is 8. The van der Waals surface area contributed by atoms with Gasteiger partial charge in [0, 0.05) is 29.9 Å². The number of nitrogens with two attached hydrogens (primary N) is 1. The van der Waals surface area contributed by atoms with Crippen LogP contribution in [-0.4, -0.2) is 60.1 Å². The molecule has 0 amide bonds. The highest BCUT2D eigenvalue weighted by Gasteiger charge is 2.34. The fourth-order valence-corrected chi connectivity index (χ4v) is 4.04. The number of anilines is 3. The SMILES string of the molecule is CNc1ccc(C)c(C#CC(=N)c2c(N)ncnc2NC2CCN(C)CC2)c1.O=Cc1ccc(F)c(C(F)(F)F)c1. The van der Waals surface area contributed by atoms with Crippen molar-refractivity contribution in [2.75, 3.05) is 43.6 Å². The number of benzene rings is 2. The summed E-state index contributed by atoms with van der Waals surface area (Å²) in [6, 6.07) is 8.36. The number of nitrogens with zero attached hydrogens (tertiary/aromatic N) is 3. The number of rotatable bonds is 5. The molecule has 4 rings (SSSR count). The number of halogens is 4. The summed E-state index contributed by atoms with van der Waals surface area (Å²) in [6.45, 7) is 4.07. The molecule has 1 fully saturated rings. The zero-order valence-corrected chi connectivity index (χ0v) is 22.9. The fraction of sp³-hybridized carbons (Fsp3) is 0.310. The standard InChI is InChI=1S/C21H27N7.C8H4F4O/c1-14-4-6-17(24-2)12-15(14)5-7-18(22)19-20(23)25-13-26-21(19)27-16-8-10-28(3)11-9-16;9-7-2-1-5(4-13)3-6(7)8(10,11)12/h4,6,12-13,16,22,24H,8-11H2,1-3H3,(H3,23,25,26,27);1-4H. The Morgan fingerprint density at radius 3 is 2.51 bits per heavy atom. The van der Waals surface area contributed by atoms with Crippen LogP contribution in [0.5, 0.6) is 0 Å². The molecule has 2 heterocycles. The molecule has 5 N–H and O–H groups in total. The van der Waals surface area contributed by atoms with E-state index in [-0.39, 0.29) is 23.4 Å². The maximum atomic E-state index is 12.6. The molecule has 0 spiro atoms. The predicted octanol–water partition coefficient (Wildman–Crippen LogP) is 4.99. The average Bonchev–Trinajstić information content (AvgIpc) is 2.94. The van der Waals surface area contributed by atoms with Crippen molar-refractivity contribution >= 4 is 29.3 Å². The molecular weight excluding hydrogens is 538 g/mol. The first kappa shape index (κ1) is 31.0. The average molecular weight is 570 g/mol. The summed E-state index contributed by atoms with van der Waals surface area (Å²) >= 11 is 0. The van der Waals surface area contributed by atoms with Gasteiger partial charge in [-0.2, -0.15) is 13.2 Å². The number of aromatic nitrogens is 2. The second-order valence-electron chi connectivity index (χ2n) is 9.46. The van der Waals surface area contributed by atoms with Crippen LogP contribution in [-0.2, 0) is 6.18 Å². The summed E-state index contributed by atoms with van der Waals surface area (Å²) in [5, 5.41) is 15.0. The quantitative estimate of drug-likeness (QED) is 0.148. The molecule has 1 aromatic heterocycles. The molecule has 1 aliphatic rings. The van der Waals surface area contributed by atoms with Gasteiger partial charge < -0.3 is 21.3 Å². The molecule has 3 aromatic rings. The molecule has 0 aliphatic carbocycles. The lowest BCUT2D eigenvalue weighted by molar-refractivity contribution is -0.140. The Balaban J connectivity index is 0.000000298. The predicted molar refractivity (Wildman–Crippen MR) is 152 cm³/mol. The van der Waals surface area contributed by atoms with Crippen LogP contribution in [0.3, 0.4) is 0 Å². The number of nitrogens with one attached hydrogen (secondary N) is 3. The van der Waals surface area contributed by atoms with Gasteiger partial charge in [-0.25, -0.2) is 14.4 Å². The third-order valence-electron chi connectivity index (χ3n) is 6.47. The molecule has 2 aromatic carbocycles. The van der Waals surface area contributed by atoms with Crippen LogP contribution in [0.15, 0.2) is 42.7 Å². The van der Waals surface area contributed by atoms with E-state index in [0.29, 0.717) is 29.6 Å². The van der Waals surface area contributed by atoms with Crippen molar-refractivity contribution in [2.45, 2.75) is 32.0 Å². The number of nitrogen functional groups attached to an aromatic ring is 1. The molecule has 41 heavy (non-hydrogen) atoms. The van der Waals surface area contributed by atoms with Crippen LogP contribution in [0.2, 0.25) is 0 Å². The molecular formula is C29H31F4N7O. The lowest BCUT2D eigenvalue weighted by Crippen LogP contribution is -2.37. The van der Waals surface area contributed by atoms with Gasteiger partial charge in [0.2, 0.25) is 0 Å². The highest BCUT2D eigenvalue weighted by molar-refractivity contribution is 6.16. The summed E-state index contributed by atoms with van der Waals surface area (Å²) in [5.41, 5.74) is 7.95. The minimum Gasteiger partial charge on any atom is -0.388 e. The van der Waals surface area contributed by atoms with Crippen LogP contribution in [0.1, 0.15) is 45.5 Å². The van der Waals surface area contributed by atoms with Crippen LogP contribution in [0.25, 0.3) is 0 Å². The normalized spacial score (nSPS) is 13.7. The maximum Gasteiger partial charge on any atom is 0.419 e. The zero-order chi connectivity index (χ0) is 30.2. The number of alkyl halides is 3. The van der Waals surface area contributed by atoms with Crippen molar-refractivity contribution in [2.24, 2.45) is 0 Å². The van der Waals surface area contributed by atoms with Crippen molar-refractivity contribution in [3.8, 4) is 11.8 Å². The van der Waals surface area contributed by atoms with Gasteiger partial charge >= 0.3 is 6.18 Å². The Morgan fingerprint density at radius 2 is 1.88 bits per heavy atom. The van der Waals surface area contributed by atoms with Crippen LogP contribution in [0, 0.1) is 30.0 Å². The molecule has 0 radical (unpaired) electrons. The first-order valence-electron chi connectivity index (χ1n) is 12.7. The number of piperidine rings is 1. The maximum absolute atomic E-state index is 12.6. The topological polar surface area (TPSA) is 120 Å². The van der Waals surface area contributed by atoms with Crippen LogP contribution < -0.4 is 16.4 Å². The van der Waals surface area contributed by atoms with Gasteiger partial charge in [0.1, 0.15) is 35.8 Å². The lowest BCUT2D eigenvalue weighted by atomic mass is 10.0. The van der Waals surface area contributed by atoms with Crippen molar-refractivity contribution in [3.05, 3.63) is 76.4 Å². The molecule has 0 unspecified atom stereocenters. The Hall–Kier alpha value is -4.50. The summed E-state index contributed by atoms with van der Waals surface area (Å²) in [7, 11) is 3.99. The lowest BCUT2D eigenvalue weighted by Gasteiger charge is -2.30. The zero-order valence-electron chi connectivity index (χ0n) is 22.9. The van der Waals surface area contributed by atoms with E-state index in [1.54, 1.807) is 0 Å². The van der Waals surface area contributed by atoms with E-state index in [9.17, 15) is 22.4 Å². The van der Waals surface area contributed by atoms with Gasteiger partial charge in [-0.3, -0.25) is 10.2 Å². The first-order chi connectivity index (χ1) is 19.4. The van der Waals surface area contributed by atoms with Gasteiger partial charge in [-0.05, 0) is 81.7 Å². The third-order valence-corrected chi connectivity index (χ3v) is 6.47. The van der Waals surface area contributed by atoms with E-state index in [2.05, 4.69) is 44.4 Å². The highest BCUT2D eigenvalue weighted by Crippen LogP contribution is 2.31. The van der Waals surface area contributed by atoms with E-state index in [1.165, 1.54) is 6.33 Å². The third kappa shape index (κ3) is 8.49. The van der Waals surface area contributed by atoms with E-state index in [4.69, 9.17) is 11.1 Å². The fourth-order valence-electron chi connectivity index (χ4n) is 4.04. The van der Waals surface area contributed by atoms with Gasteiger partial charge in [0.15, 0.2) is 0 Å². The second-order valence-corrected chi connectivity index (χ2v) is 9.46. The molecule has 1 aliphatic heterocycles. The van der Waals surface area contributed by atoms with Crippen molar-refractivity contribution in [1.29, 1.82) is 5.41 Å². The smallest absolute Gasteiger partial charge is 0.388 e. The summed E-state index contributed by atoms with van der Waals surface area (Å²) in [6.07, 6.45) is -1.06. The summed E-state index contributed by atoms with van der Waals surface area (Å²) < 4.78 is 48.6.